The van der Waals surface area contributed by atoms with Crippen LogP contribution in [0.5, 0.6) is 0 Å². The van der Waals surface area contributed by atoms with E-state index in [0.29, 0.717) is 0 Å². The average Bonchev–Trinajstić information content (AvgIpc) is 2.71. The first-order chi connectivity index (χ1) is 9.15. The molecule has 0 atom stereocenters. The highest BCUT2D eigenvalue weighted by molar-refractivity contribution is 9.10. The molecule has 0 fully saturated rings. The summed E-state index contributed by atoms with van der Waals surface area (Å²) in [6.07, 6.45) is 3.03. The zero-order valence-electron chi connectivity index (χ0n) is 11.4. The van der Waals surface area contributed by atoms with Crippen molar-refractivity contribution in [3.63, 3.8) is 0 Å². The molecular formula is C14H18BrN3S. The van der Waals surface area contributed by atoms with E-state index in [1.165, 1.54) is 10.6 Å². The summed E-state index contributed by atoms with van der Waals surface area (Å²) in [5.41, 5.74) is 3.42. The zero-order chi connectivity index (χ0) is 13.8. The van der Waals surface area contributed by atoms with E-state index < -0.39 is 0 Å². The molecule has 0 aliphatic rings. The van der Waals surface area contributed by atoms with Crippen LogP contribution in [0.15, 0.2) is 33.6 Å². The van der Waals surface area contributed by atoms with Crippen LogP contribution in [0.3, 0.4) is 0 Å². The fraction of sp³-hybridized carbons (Fsp3) is 0.357. The van der Waals surface area contributed by atoms with Gasteiger partial charge in [0.05, 0.1) is 22.4 Å². The molecule has 1 N–H and O–H groups in total. The number of benzene rings is 1. The van der Waals surface area contributed by atoms with Crippen LogP contribution in [0.2, 0.25) is 0 Å². The first-order valence-corrected chi connectivity index (χ1v) is 8.25. The maximum Gasteiger partial charge on any atom is 0.0767 e. The zero-order valence-corrected chi connectivity index (χ0v) is 13.8. The lowest BCUT2D eigenvalue weighted by molar-refractivity contribution is 0.706. The second kappa shape index (κ2) is 6.48. The maximum atomic E-state index is 4.50. The van der Waals surface area contributed by atoms with E-state index in [-0.39, 0.29) is 0 Å². The Balaban J connectivity index is 2.12. The number of nitrogens with one attached hydrogen (secondary N) is 1. The van der Waals surface area contributed by atoms with Crippen molar-refractivity contribution >= 4 is 33.4 Å². The summed E-state index contributed by atoms with van der Waals surface area (Å²) >= 11 is 5.39. The van der Waals surface area contributed by atoms with Crippen LogP contribution >= 0.6 is 27.7 Å². The molecule has 5 heteroatoms. The third-order valence-electron chi connectivity index (χ3n) is 3.03. The Morgan fingerprint density at radius 1 is 1.42 bits per heavy atom. The van der Waals surface area contributed by atoms with Crippen LogP contribution in [-0.4, -0.2) is 16.0 Å². The molecule has 3 nitrogen and oxygen atoms in total. The van der Waals surface area contributed by atoms with Gasteiger partial charge in [0.1, 0.15) is 0 Å². The smallest absolute Gasteiger partial charge is 0.0767 e. The van der Waals surface area contributed by atoms with Crippen LogP contribution in [-0.2, 0) is 20.0 Å². The predicted octanol–water partition coefficient (Wildman–Crippen LogP) is 4.08. The minimum atomic E-state index is 0.766. The largest absolute Gasteiger partial charge is 0.379 e. The summed E-state index contributed by atoms with van der Waals surface area (Å²) in [5.74, 6) is 0. The number of halogens is 1. The van der Waals surface area contributed by atoms with Crippen molar-refractivity contribution in [2.45, 2.75) is 24.8 Å². The average molecular weight is 340 g/mol. The van der Waals surface area contributed by atoms with Crippen molar-refractivity contribution in [2.24, 2.45) is 7.05 Å². The molecule has 0 aliphatic carbocycles. The van der Waals surface area contributed by atoms with E-state index in [2.05, 4.69) is 63.8 Å². The van der Waals surface area contributed by atoms with Crippen LogP contribution in [0.25, 0.3) is 0 Å². The van der Waals surface area contributed by atoms with Gasteiger partial charge in [0.2, 0.25) is 0 Å². The van der Waals surface area contributed by atoms with Crippen LogP contribution in [0, 0.1) is 0 Å². The standard InChI is InChI=1S/C14H18BrN3S/c1-4-12-14(15)13(18(2)17-12)9-16-10-6-5-7-11(8-10)19-3/h5-8,16H,4,9H2,1-3H3. The minimum absolute atomic E-state index is 0.766. The predicted molar refractivity (Wildman–Crippen MR) is 85.8 cm³/mol. The van der Waals surface area contributed by atoms with Gasteiger partial charge in [0.25, 0.3) is 0 Å². The Morgan fingerprint density at radius 3 is 2.84 bits per heavy atom. The van der Waals surface area contributed by atoms with E-state index >= 15 is 0 Å². The molecule has 102 valence electrons. The summed E-state index contributed by atoms with van der Waals surface area (Å²) in [7, 11) is 1.99. The number of rotatable bonds is 5. The molecule has 0 bridgehead atoms. The van der Waals surface area contributed by atoms with Gasteiger partial charge in [0, 0.05) is 17.6 Å². The molecule has 1 heterocycles. The van der Waals surface area contributed by atoms with Crippen molar-refractivity contribution in [2.75, 3.05) is 11.6 Å². The molecule has 19 heavy (non-hydrogen) atoms. The quantitative estimate of drug-likeness (QED) is 0.832. The number of hydrogen-bond acceptors (Lipinski definition) is 3. The monoisotopic (exact) mass is 339 g/mol. The maximum absolute atomic E-state index is 4.50. The van der Waals surface area contributed by atoms with Gasteiger partial charge in [-0.15, -0.1) is 11.8 Å². The van der Waals surface area contributed by atoms with Crippen molar-refractivity contribution in [1.29, 1.82) is 0 Å². The molecule has 0 saturated heterocycles. The second-order valence-corrected chi connectivity index (χ2v) is 5.94. The van der Waals surface area contributed by atoms with E-state index in [1.54, 1.807) is 11.8 Å². The third kappa shape index (κ3) is 3.34. The second-order valence-electron chi connectivity index (χ2n) is 4.27. The Kier molecular flexibility index (Phi) is 4.93. The van der Waals surface area contributed by atoms with Gasteiger partial charge in [-0.05, 0) is 46.8 Å². The summed E-state index contributed by atoms with van der Waals surface area (Å²) in [5, 5.41) is 7.95. The first kappa shape index (κ1) is 14.5. The fourth-order valence-corrected chi connectivity index (χ4v) is 3.15. The van der Waals surface area contributed by atoms with E-state index in [4.69, 9.17) is 0 Å². The molecule has 1 aromatic heterocycles. The third-order valence-corrected chi connectivity index (χ3v) is 4.67. The van der Waals surface area contributed by atoms with Gasteiger partial charge in [-0.2, -0.15) is 5.10 Å². The van der Waals surface area contributed by atoms with Crippen molar-refractivity contribution < 1.29 is 0 Å². The van der Waals surface area contributed by atoms with Gasteiger partial charge >= 0.3 is 0 Å². The molecule has 0 aliphatic heterocycles. The molecule has 2 aromatic rings. The lowest BCUT2D eigenvalue weighted by Gasteiger charge is -2.08. The van der Waals surface area contributed by atoms with E-state index in [9.17, 15) is 0 Å². The molecule has 1 aromatic carbocycles. The lowest BCUT2D eigenvalue weighted by atomic mass is 10.3. The summed E-state index contributed by atoms with van der Waals surface area (Å²) in [4.78, 5) is 1.27. The fourth-order valence-electron chi connectivity index (χ4n) is 1.93. The van der Waals surface area contributed by atoms with Gasteiger partial charge in [-0.25, -0.2) is 0 Å². The van der Waals surface area contributed by atoms with E-state index in [1.807, 2.05) is 11.7 Å². The van der Waals surface area contributed by atoms with Gasteiger partial charge in [-0.1, -0.05) is 13.0 Å². The Morgan fingerprint density at radius 2 is 2.21 bits per heavy atom. The number of thioether (sulfide) groups is 1. The molecule has 0 spiro atoms. The highest BCUT2D eigenvalue weighted by Gasteiger charge is 2.11. The molecule has 0 radical (unpaired) electrons. The van der Waals surface area contributed by atoms with Crippen LogP contribution in [0.1, 0.15) is 18.3 Å². The number of aryl methyl sites for hydroxylation is 2. The van der Waals surface area contributed by atoms with Gasteiger partial charge < -0.3 is 5.32 Å². The minimum Gasteiger partial charge on any atom is -0.379 e. The topological polar surface area (TPSA) is 29.9 Å². The highest BCUT2D eigenvalue weighted by Crippen LogP contribution is 2.24. The highest BCUT2D eigenvalue weighted by atomic mass is 79.9. The molecule has 2 rings (SSSR count). The lowest BCUT2D eigenvalue weighted by Crippen LogP contribution is -2.06. The van der Waals surface area contributed by atoms with Crippen molar-refractivity contribution in [3.8, 4) is 0 Å². The van der Waals surface area contributed by atoms with Crippen molar-refractivity contribution in [1.82, 2.24) is 9.78 Å². The van der Waals surface area contributed by atoms with Crippen molar-refractivity contribution in [3.05, 3.63) is 40.1 Å². The molecular weight excluding hydrogens is 322 g/mol. The molecule has 0 amide bonds. The Labute approximate surface area is 126 Å². The number of nitrogens with zero attached hydrogens (tertiary/aromatic N) is 2. The first-order valence-electron chi connectivity index (χ1n) is 6.23. The summed E-state index contributed by atoms with van der Waals surface area (Å²) in [6, 6.07) is 8.44. The Bertz CT molecular complexity index is 566. The summed E-state index contributed by atoms with van der Waals surface area (Å²) in [6.45, 7) is 2.88. The van der Waals surface area contributed by atoms with Crippen LogP contribution in [0.4, 0.5) is 5.69 Å². The van der Waals surface area contributed by atoms with Gasteiger partial charge in [0.15, 0.2) is 0 Å². The number of hydrogen-bond donors (Lipinski definition) is 1. The molecule has 0 saturated carbocycles. The summed E-state index contributed by atoms with van der Waals surface area (Å²) < 4.78 is 3.06. The molecule has 0 unspecified atom stereocenters. The number of aromatic nitrogens is 2. The van der Waals surface area contributed by atoms with Gasteiger partial charge in [-0.3, -0.25) is 4.68 Å². The SMILES string of the molecule is CCc1nn(C)c(CNc2cccc(SC)c2)c1Br. The normalized spacial score (nSPS) is 10.7. The van der Waals surface area contributed by atoms with E-state index in [0.717, 1.165) is 28.8 Å². The Hall–Kier alpha value is -0.940. The van der Waals surface area contributed by atoms with Crippen LogP contribution < -0.4 is 5.32 Å². The number of anilines is 1.